The first-order valence-corrected chi connectivity index (χ1v) is 8.64. The molecule has 1 aliphatic rings. The van der Waals surface area contributed by atoms with E-state index in [4.69, 9.17) is 0 Å². The van der Waals surface area contributed by atoms with E-state index in [1.54, 1.807) is 30.3 Å². The molecule has 0 aliphatic carbocycles. The number of nitrogens with one attached hydrogen (secondary N) is 1. The highest BCUT2D eigenvalue weighted by Gasteiger charge is 2.36. The first-order chi connectivity index (χ1) is 13.9. The van der Waals surface area contributed by atoms with E-state index in [1.807, 2.05) is 0 Å². The van der Waals surface area contributed by atoms with E-state index >= 15 is 0 Å². The van der Waals surface area contributed by atoms with Crippen molar-refractivity contribution in [3.8, 4) is 0 Å². The Bertz CT molecular complexity index is 993. The number of carbonyl (C=O) groups excluding carboxylic acids is 4. The molecular formula is C21H16N2O6. The minimum atomic E-state index is -1.52. The van der Waals surface area contributed by atoms with Gasteiger partial charge in [-0.25, -0.2) is 4.79 Å². The van der Waals surface area contributed by atoms with Gasteiger partial charge in [0, 0.05) is 35.4 Å². The molecule has 0 spiro atoms. The van der Waals surface area contributed by atoms with Gasteiger partial charge in [-0.1, -0.05) is 42.5 Å². The number of hydrogen-bond donors (Lipinski definition) is 2. The largest absolute Gasteiger partial charge is 0.480 e. The highest BCUT2D eigenvalue weighted by Crippen LogP contribution is 2.12. The molecule has 3 amide bonds. The van der Waals surface area contributed by atoms with Crippen LogP contribution in [0.5, 0.6) is 0 Å². The molecule has 2 aromatic carbocycles. The zero-order chi connectivity index (χ0) is 21.0. The first-order valence-electron chi connectivity index (χ1n) is 8.64. The van der Waals surface area contributed by atoms with E-state index in [0.29, 0.717) is 16.0 Å². The van der Waals surface area contributed by atoms with E-state index in [0.717, 1.165) is 12.2 Å². The molecule has 2 N–H and O–H groups in total. The third-order valence-electron chi connectivity index (χ3n) is 4.34. The Hall–Kier alpha value is -4.07. The van der Waals surface area contributed by atoms with Gasteiger partial charge in [0.2, 0.25) is 0 Å². The van der Waals surface area contributed by atoms with Gasteiger partial charge in [0.1, 0.15) is 0 Å². The van der Waals surface area contributed by atoms with Crippen molar-refractivity contribution >= 4 is 29.5 Å². The Morgan fingerprint density at radius 3 is 1.90 bits per heavy atom. The number of amides is 3. The second kappa shape index (κ2) is 8.30. The summed E-state index contributed by atoms with van der Waals surface area (Å²) < 4.78 is 0. The molecule has 0 unspecified atom stereocenters. The molecule has 0 saturated carbocycles. The van der Waals surface area contributed by atoms with Crippen molar-refractivity contribution in [1.29, 1.82) is 0 Å². The molecule has 3 rings (SSSR count). The number of nitrogens with zero attached hydrogens (tertiary/aromatic N) is 1. The van der Waals surface area contributed by atoms with Crippen molar-refractivity contribution < 1.29 is 29.1 Å². The Morgan fingerprint density at radius 2 is 1.34 bits per heavy atom. The van der Waals surface area contributed by atoms with Gasteiger partial charge in [0.25, 0.3) is 17.7 Å². The quantitative estimate of drug-likeness (QED) is 0.536. The van der Waals surface area contributed by atoms with Gasteiger partial charge >= 0.3 is 5.97 Å². The van der Waals surface area contributed by atoms with Gasteiger partial charge in [-0.05, 0) is 12.1 Å². The number of carboxylic acid groups (broad SMARTS) is 1. The number of carboxylic acids is 1. The summed E-state index contributed by atoms with van der Waals surface area (Å²) in [5, 5.41) is 11.7. The first kappa shape index (κ1) is 19.7. The second-order valence-electron chi connectivity index (χ2n) is 6.22. The Balaban J connectivity index is 1.66. The summed E-state index contributed by atoms with van der Waals surface area (Å²) in [5.74, 6) is -3.70. The van der Waals surface area contributed by atoms with Crippen LogP contribution < -0.4 is 5.32 Å². The van der Waals surface area contributed by atoms with Crippen molar-refractivity contribution in [2.24, 2.45) is 0 Å². The molecule has 1 aliphatic heterocycles. The van der Waals surface area contributed by atoms with Crippen molar-refractivity contribution in [3.63, 3.8) is 0 Å². The van der Waals surface area contributed by atoms with Crippen molar-refractivity contribution in [3.05, 3.63) is 83.4 Å². The molecule has 1 atom stereocenters. The van der Waals surface area contributed by atoms with E-state index in [-0.39, 0.29) is 11.3 Å². The molecule has 2 aromatic rings. The average molecular weight is 392 g/mol. The number of imide groups is 1. The topological polar surface area (TPSA) is 121 Å². The fourth-order valence-electron chi connectivity index (χ4n) is 2.83. The van der Waals surface area contributed by atoms with Gasteiger partial charge in [-0.15, -0.1) is 0 Å². The fraction of sp³-hybridized carbons (Fsp3) is 0.0952. The minimum Gasteiger partial charge on any atom is -0.480 e. The maximum Gasteiger partial charge on any atom is 0.328 e. The Kier molecular flexibility index (Phi) is 5.64. The highest BCUT2D eigenvalue weighted by molar-refractivity contribution is 6.15. The fourth-order valence-corrected chi connectivity index (χ4v) is 2.83. The molecule has 0 aromatic heterocycles. The van der Waals surface area contributed by atoms with Crippen molar-refractivity contribution in [2.75, 3.05) is 6.54 Å². The van der Waals surface area contributed by atoms with Crippen LogP contribution in [0.25, 0.3) is 0 Å². The monoisotopic (exact) mass is 392 g/mol. The number of carbonyl (C=O) groups is 5. The number of ketones is 1. The van der Waals surface area contributed by atoms with Crippen LogP contribution in [0.15, 0.2) is 66.7 Å². The van der Waals surface area contributed by atoms with E-state index in [2.05, 4.69) is 5.32 Å². The van der Waals surface area contributed by atoms with E-state index in [9.17, 15) is 29.1 Å². The summed E-state index contributed by atoms with van der Waals surface area (Å²) in [6.07, 6.45) is 1.95. The molecule has 8 heteroatoms. The molecule has 0 fully saturated rings. The summed E-state index contributed by atoms with van der Waals surface area (Å²) in [5.41, 5.74) is 1.12. The third kappa shape index (κ3) is 4.27. The van der Waals surface area contributed by atoms with Crippen molar-refractivity contribution in [2.45, 2.75) is 6.04 Å². The van der Waals surface area contributed by atoms with Gasteiger partial charge in [-0.2, -0.15) is 0 Å². The van der Waals surface area contributed by atoms with Gasteiger partial charge in [0.05, 0.1) is 0 Å². The number of benzene rings is 2. The molecule has 0 radical (unpaired) electrons. The molecule has 146 valence electrons. The van der Waals surface area contributed by atoms with Crippen LogP contribution in [0.3, 0.4) is 0 Å². The van der Waals surface area contributed by atoms with Crippen LogP contribution in [0.2, 0.25) is 0 Å². The molecule has 1 heterocycles. The third-order valence-corrected chi connectivity index (χ3v) is 4.34. The average Bonchev–Trinajstić information content (AvgIpc) is 3.06. The van der Waals surface area contributed by atoms with Crippen LogP contribution in [0, 0.1) is 0 Å². The zero-order valence-corrected chi connectivity index (χ0v) is 15.1. The van der Waals surface area contributed by atoms with Crippen LogP contribution >= 0.6 is 0 Å². The van der Waals surface area contributed by atoms with Crippen molar-refractivity contribution in [1.82, 2.24) is 10.2 Å². The summed E-state index contributed by atoms with van der Waals surface area (Å²) in [7, 11) is 0. The standard InChI is InChI=1S/C21H16N2O6/c24-17-10-11-18(25)23(17)16(21(28)29)12-22-20(27)15-8-6-14(7-9-15)19(26)13-4-2-1-3-5-13/h1-11,16H,12H2,(H,22,27)(H,28,29)/t16-/m1/s1. The maximum atomic E-state index is 12.4. The van der Waals surface area contributed by atoms with Crippen LogP contribution in [0.4, 0.5) is 0 Å². The summed E-state index contributed by atoms with van der Waals surface area (Å²) in [6, 6.07) is 13.0. The second-order valence-corrected chi connectivity index (χ2v) is 6.22. The lowest BCUT2D eigenvalue weighted by molar-refractivity contribution is -0.153. The zero-order valence-electron chi connectivity index (χ0n) is 15.1. The molecular weight excluding hydrogens is 376 g/mol. The van der Waals surface area contributed by atoms with E-state index < -0.39 is 36.3 Å². The molecule has 8 nitrogen and oxygen atoms in total. The van der Waals surface area contributed by atoms with E-state index in [1.165, 1.54) is 24.3 Å². The maximum absolute atomic E-state index is 12.4. The van der Waals surface area contributed by atoms with Crippen LogP contribution in [-0.4, -0.2) is 52.1 Å². The van der Waals surface area contributed by atoms with Gasteiger partial charge in [0.15, 0.2) is 11.8 Å². The normalized spacial score (nSPS) is 14.0. The molecule has 0 saturated heterocycles. The Labute approximate surface area is 165 Å². The van der Waals surface area contributed by atoms with Crippen LogP contribution in [-0.2, 0) is 14.4 Å². The smallest absolute Gasteiger partial charge is 0.328 e. The summed E-state index contributed by atoms with van der Waals surface area (Å²) in [4.78, 5) is 60.0. The molecule has 29 heavy (non-hydrogen) atoms. The number of aliphatic carboxylic acids is 1. The Morgan fingerprint density at radius 1 is 0.828 bits per heavy atom. The minimum absolute atomic E-state index is 0.193. The molecule has 0 bridgehead atoms. The lowest BCUT2D eigenvalue weighted by Gasteiger charge is -2.22. The van der Waals surface area contributed by atoms with Gasteiger partial charge in [-0.3, -0.25) is 24.1 Å². The lowest BCUT2D eigenvalue weighted by atomic mass is 10.0. The van der Waals surface area contributed by atoms with Crippen LogP contribution in [0.1, 0.15) is 26.3 Å². The number of rotatable bonds is 7. The highest BCUT2D eigenvalue weighted by atomic mass is 16.4. The lowest BCUT2D eigenvalue weighted by Crippen LogP contribution is -2.51. The number of hydrogen-bond acceptors (Lipinski definition) is 5. The summed E-state index contributed by atoms with van der Waals surface area (Å²) >= 11 is 0. The predicted octanol–water partition coefficient (Wildman–Crippen LogP) is 1.03. The SMILES string of the molecule is O=C(NC[C@H](C(=O)O)N1C(=O)C=CC1=O)c1ccc(C(=O)c2ccccc2)cc1. The predicted molar refractivity (Wildman–Crippen MR) is 101 cm³/mol. The summed E-state index contributed by atoms with van der Waals surface area (Å²) in [6.45, 7) is -0.446. The van der Waals surface area contributed by atoms with Gasteiger partial charge < -0.3 is 10.4 Å².